The molecule has 0 aliphatic rings. The van der Waals surface area contributed by atoms with E-state index >= 15 is 0 Å². The third-order valence-electron chi connectivity index (χ3n) is 1.65. The van der Waals surface area contributed by atoms with Crippen molar-refractivity contribution < 1.29 is 14.4 Å². The highest BCUT2D eigenvalue weighted by Gasteiger charge is 2.16. The molecule has 0 aliphatic carbocycles. The Hall–Kier alpha value is -1.36. The van der Waals surface area contributed by atoms with Crippen LogP contribution in [0.15, 0.2) is 27.2 Å². The quantitative estimate of drug-likeness (QED) is 0.833. The molecule has 0 saturated heterocycles. The van der Waals surface area contributed by atoms with E-state index in [1.165, 1.54) is 0 Å². The summed E-state index contributed by atoms with van der Waals surface area (Å²) in [6, 6.07) is 5.16. The number of halogens is 1. The maximum Gasteiger partial charge on any atom is 0.358 e. The topological polar surface area (TPSA) is 63.3 Å². The van der Waals surface area contributed by atoms with Crippen molar-refractivity contribution in [2.24, 2.45) is 0 Å². The molecular formula is C8H4BrNO3. The molecule has 0 unspecified atom stereocenters. The smallest absolute Gasteiger partial charge is 0.358 e. The normalized spacial score (nSPS) is 10.5. The fourth-order valence-electron chi connectivity index (χ4n) is 1.10. The maximum absolute atomic E-state index is 10.7. The van der Waals surface area contributed by atoms with Gasteiger partial charge >= 0.3 is 5.97 Å². The van der Waals surface area contributed by atoms with Gasteiger partial charge in [-0.25, -0.2) is 4.79 Å². The van der Waals surface area contributed by atoms with Gasteiger partial charge in [0.25, 0.3) is 0 Å². The van der Waals surface area contributed by atoms with Crippen LogP contribution in [0.2, 0.25) is 0 Å². The summed E-state index contributed by atoms with van der Waals surface area (Å²) in [7, 11) is 0. The lowest BCUT2D eigenvalue weighted by molar-refractivity contribution is 0.0688. The zero-order valence-corrected chi connectivity index (χ0v) is 7.91. The average Bonchev–Trinajstić information content (AvgIpc) is 2.49. The van der Waals surface area contributed by atoms with E-state index in [9.17, 15) is 4.79 Å². The molecule has 0 fully saturated rings. The van der Waals surface area contributed by atoms with Crippen LogP contribution in [0.4, 0.5) is 0 Å². The first-order valence-electron chi connectivity index (χ1n) is 3.47. The van der Waals surface area contributed by atoms with E-state index in [0.29, 0.717) is 15.4 Å². The van der Waals surface area contributed by atoms with Crippen LogP contribution in [0.5, 0.6) is 0 Å². The van der Waals surface area contributed by atoms with Crippen molar-refractivity contribution in [2.45, 2.75) is 0 Å². The van der Waals surface area contributed by atoms with E-state index in [4.69, 9.17) is 9.63 Å². The Balaban J connectivity index is 2.86. The van der Waals surface area contributed by atoms with Crippen molar-refractivity contribution in [2.75, 3.05) is 0 Å². The third-order valence-corrected chi connectivity index (χ3v) is 2.31. The van der Waals surface area contributed by atoms with Crippen LogP contribution in [0.1, 0.15) is 10.5 Å². The van der Waals surface area contributed by atoms with Crippen LogP contribution in [0.25, 0.3) is 11.0 Å². The van der Waals surface area contributed by atoms with Gasteiger partial charge in [-0.3, -0.25) is 0 Å². The van der Waals surface area contributed by atoms with Gasteiger partial charge in [-0.05, 0) is 28.1 Å². The van der Waals surface area contributed by atoms with Crippen molar-refractivity contribution >= 4 is 32.9 Å². The van der Waals surface area contributed by atoms with Gasteiger partial charge in [0.15, 0.2) is 11.3 Å². The number of aromatic carboxylic acids is 1. The molecule has 0 spiro atoms. The summed E-state index contributed by atoms with van der Waals surface area (Å²) in [5.74, 6) is -1.09. The predicted octanol–water partition coefficient (Wildman–Crippen LogP) is 2.29. The Morgan fingerprint density at radius 1 is 1.54 bits per heavy atom. The number of carboxylic acid groups (broad SMARTS) is 1. The fraction of sp³-hybridized carbons (Fsp3) is 0. The first-order chi connectivity index (χ1) is 6.20. The second-order valence-electron chi connectivity index (χ2n) is 2.45. The molecule has 1 aromatic carbocycles. The highest BCUT2D eigenvalue weighted by molar-refractivity contribution is 9.10. The first kappa shape index (κ1) is 8.25. The van der Waals surface area contributed by atoms with Gasteiger partial charge in [-0.1, -0.05) is 11.2 Å². The Bertz CT molecular complexity index is 477. The fourth-order valence-corrected chi connectivity index (χ4v) is 1.63. The second kappa shape index (κ2) is 2.85. The van der Waals surface area contributed by atoms with Crippen LogP contribution in [-0.2, 0) is 0 Å². The number of carboxylic acids is 1. The zero-order valence-electron chi connectivity index (χ0n) is 6.32. The van der Waals surface area contributed by atoms with E-state index < -0.39 is 5.97 Å². The maximum atomic E-state index is 10.7. The first-order valence-corrected chi connectivity index (χ1v) is 4.26. The Morgan fingerprint density at radius 2 is 2.31 bits per heavy atom. The molecule has 13 heavy (non-hydrogen) atoms. The lowest BCUT2D eigenvalue weighted by Gasteiger charge is -1.91. The molecule has 0 radical (unpaired) electrons. The van der Waals surface area contributed by atoms with E-state index in [0.717, 1.165) is 0 Å². The van der Waals surface area contributed by atoms with Gasteiger partial charge in [0.1, 0.15) is 0 Å². The molecule has 2 rings (SSSR count). The van der Waals surface area contributed by atoms with Crippen molar-refractivity contribution in [1.29, 1.82) is 0 Å². The Kier molecular flexibility index (Phi) is 1.81. The summed E-state index contributed by atoms with van der Waals surface area (Å²) in [4.78, 5) is 10.7. The largest absolute Gasteiger partial charge is 0.476 e. The minimum Gasteiger partial charge on any atom is -0.476 e. The number of hydrogen-bond acceptors (Lipinski definition) is 3. The molecule has 0 bridgehead atoms. The number of aromatic nitrogens is 1. The molecule has 1 aromatic heterocycles. The average molecular weight is 242 g/mol. The molecule has 1 N–H and O–H groups in total. The van der Waals surface area contributed by atoms with Crippen LogP contribution in [-0.4, -0.2) is 16.2 Å². The molecule has 0 amide bonds. The zero-order chi connectivity index (χ0) is 9.42. The van der Waals surface area contributed by atoms with E-state index in [1.807, 2.05) is 0 Å². The van der Waals surface area contributed by atoms with Crippen molar-refractivity contribution in [3.8, 4) is 0 Å². The predicted molar refractivity (Wildman–Crippen MR) is 48.7 cm³/mol. The number of carbonyl (C=O) groups is 1. The summed E-state index contributed by atoms with van der Waals surface area (Å²) in [6.45, 7) is 0. The van der Waals surface area contributed by atoms with Gasteiger partial charge in [-0.15, -0.1) is 0 Å². The summed E-state index contributed by atoms with van der Waals surface area (Å²) in [5.41, 5.74) is 0.397. The van der Waals surface area contributed by atoms with Crippen molar-refractivity contribution in [3.05, 3.63) is 28.4 Å². The SMILES string of the molecule is O=C(O)c1noc2cccc(Br)c12. The van der Waals surface area contributed by atoms with Crippen molar-refractivity contribution in [3.63, 3.8) is 0 Å². The molecule has 1 heterocycles. The number of rotatable bonds is 1. The van der Waals surface area contributed by atoms with Gasteiger partial charge in [0.2, 0.25) is 0 Å². The molecule has 0 saturated carbocycles. The van der Waals surface area contributed by atoms with Gasteiger partial charge < -0.3 is 9.63 Å². The number of benzene rings is 1. The lowest BCUT2D eigenvalue weighted by Crippen LogP contribution is -1.96. The summed E-state index contributed by atoms with van der Waals surface area (Å²) >= 11 is 3.23. The minimum absolute atomic E-state index is 0.0672. The molecular weight excluding hydrogens is 238 g/mol. The van der Waals surface area contributed by atoms with Crippen molar-refractivity contribution in [1.82, 2.24) is 5.16 Å². The standard InChI is InChI=1S/C8H4BrNO3/c9-4-2-1-3-5-6(4)7(8(11)12)10-13-5/h1-3H,(H,11,12). The molecule has 2 aromatic rings. The van der Waals surface area contributed by atoms with Crippen LogP contribution >= 0.6 is 15.9 Å². The van der Waals surface area contributed by atoms with E-state index in [1.54, 1.807) is 18.2 Å². The van der Waals surface area contributed by atoms with Crippen LogP contribution < -0.4 is 0 Å². The number of nitrogens with zero attached hydrogens (tertiary/aromatic N) is 1. The number of hydrogen-bond donors (Lipinski definition) is 1. The highest BCUT2D eigenvalue weighted by Crippen LogP contribution is 2.26. The van der Waals surface area contributed by atoms with Crippen LogP contribution in [0.3, 0.4) is 0 Å². The van der Waals surface area contributed by atoms with Gasteiger partial charge in [0, 0.05) is 4.47 Å². The molecule has 4 nitrogen and oxygen atoms in total. The van der Waals surface area contributed by atoms with Gasteiger partial charge in [-0.2, -0.15) is 0 Å². The van der Waals surface area contributed by atoms with E-state index in [2.05, 4.69) is 21.1 Å². The lowest BCUT2D eigenvalue weighted by atomic mass is 10.2. The second-order valence-corrected chi connectivity index (χ2v) is 3.30. The highest BCUT2D eigenvalue weighted by atomic mass is 79.9. The molecule has 66 valence electrons. The monoisotopic (exact) mass is 241 g/mol. The summed E-state index contributed by atoms with van der Waals surface area (Å²) < 4.78 is 5.50. The van der Waals surface area contributed by atoms with Gasteiger partial charge in [0.05, 0.1) is 5.39 Å². The number of fused-ring (bicyclic) bond motifs is 1. The molecule has 0 aliphatic heterocycles. The third kappa shape index (κ3) is 1.21. The Labute approximate surface area is 81.3 Å². The van der Waals surface area contributed by atoms with Crippen LogP contribution in [0, 0.1) is 0 Å². The Morgan fingerprint density at radius 3 is 3.00 bits per heavy atom. The molecule has 0 atom stereocenters. The minimum atomic E-state index is -1.09. The summed E-state index contributed by atoms with van der Waals surface area (Å²) in [5, 5.41) is 12.7. The summed E-state index contributed by atoms with van der Waals surface area (Å²) in [6.07, 6.45) is 0. The van der Waals surface area contributed by atoms with E-state index in [-0.39, 0.29) is 5.69 Å². The molecule has 5 heteroatoms.